The third-order valence-corrected chi connectivity index (χ3v) is 3.85. The lowest BCUT2D eigenvalue weighted by Gasteiger charge is -2.27. The third-order valence-electron chi connectivity index (χ3n) is 3.85. The van der Waals surface area contributed by atoms with Gasteiger partial charge in [-0.15, -0.1) is 0 Å². The Hall–Kier alpha value is -2.08. The number of ether oxygens (including phenoxy) is 3. The third kappa shape index (κ3) is 6.02. The Morgan fingerprint density at radius 3 is 2.42 bits per heavy atom. The van der Waals surface area contributed by atoms with Gasteiger partial charge in [0.2, 0.25) is 0 Å². The van der Waals surface area contributed by atoms with Crippen molar-refractivity contribution < 1.29 is 23.8 Å². The van der Waals surface area contributed by atoms with Crippen LogP contribution in [0.4, 0.5) is 4.79 Å². The summed E-state index contributed by atoms with van der Waals surface area (Å²) >= 11 is 0. The van der Waals surface area contributed by atoms with Crippen LogP contribution in [0.25, 0.3) is 0 Å². The molecule has 1 aromatic carbocycles. The van der Waals surface area contributed by atoms with Gasteiger partial charge in [0.25, 0.3) is 0 Å². The monoisotopic (exact) mass is 363 g/mol. The van der Waals surface area contributed by atoms with E-state index in [1.165, 1.54) is 4.90 Å². The molecule has 0 bridgehead atoms. The van der Waals surface area contributed by atoms with Crippen LogP contribution in [-0.4, -0.2) is 47.4 Å². The molecular weight excluding hydrogens is 334 g/mol. The molecule has 1 aliphatic heterocycles. The molecule has 0 N–H and O–H groups in total. The van der Waals surface area contributed by atoms with E-state index in [0.717, 1.165) is 5.56 Å². The Labute approximate surface area is 155 Å². The van der Waals surface area contributed by atoms with E-state index >= 15 is 0 Å². The Morgan fingerprint density at radius 1 is 1.19 bits per heavy atom. The van der Waals surface area contributed by atoms with Gasteiger partial charge in [0, 0.05) is 6.42 Å². The van der Waals surface area contributed by atoms with E-state index in [1.54, 1.807) is 20.8 Å². The van der Waals surface area contributed by atoms with Crippen LogP contribution in [0.15, 0.2) is 30.3 Å². The zero-order chi connectivity index (χ0) is 19.3. The second-order valence-corrected chi connectivity index (χ2v) is 7.78. The smallest absolute Gasteiger partial charge is 0.411 e. The lowest BCUT2D eigenvalue weighted by atomic mass is 10.2. The SMILES string of the molecule is CC(C)O[C@@H]1C[C@@H](C(=O)OCc2ccccc2)N(C(=O)OC(C)(C)C)C1. The topological polar surface area (TPSA) is 65.1 Å². The minimum absolute atomic E-state index is 0.0135. The maximum Gasteiger partial charge on any atom is 0.411 e. The Bertz CT molecular complexity index is 608. The van der Waals surface area contributed by atoms with E-state index in [2.05, 4.69) is 0 Å². The first-order valence-corrected chi connectivity index (χ1v) is 9.01. The molecule has 2 atom stereocenters. The van der Waals surface area contributed by atoms with Gasteiger partial charge in [-0.25, -0.2) is 9.59 Å². The van der Waals surface area contributed by atoms with Crippen molar-refractivity contribution in [1.82, 2.24) is 4.90 Å². The summed E-state index contributed by atoms with van der Waals surface area (Å²) in [6.45, 7) is 9.74. The molecule has 1 aromatic rings. The lowest BCUT2D eigenvalue weighted by molar-refractivity contribution is -0.150. The highest BCUT2D eigenvalue weighted by molar-refractivity contribution is 5.82. The fourth-order valence-corrected chi connectivity index (χ4v) is 2.85. The summed E-state index contributed by atoms with van der Waals surface area (Å²) in [5.41, 5.74) is 0.268. The van der Waals surface area contributed by atoms with Crippen molar-refractivity contribution in [1.29, 1.82) is 0 Å². The highest BCUT2D eigenvalue weighted by Gasteiger charge is 2.43. The van der Waals surface area contributed by atoms with E-state index in [0.29, 0.717) is 13.0 Å². The molecule has 0 saturated carbocycles. The molecule has 0 aliphatic carbocycles. The fraction of sp³-hybridized carbons (Fsp3) is 0.600. The van der Waals surface area contributed by atoms with Gasteiger partial charge < -0.3 is 14.2 Å². The van der Waals surface area contributed by atoms with Crippen molar-refractivity contribution in [3.63, 3.8) is 0 Å². The lowest BCUT2D eigenvalue weighted by Crippen LogP contribution is -2.44. The highest BCUT2D eigenvalue weighted by atomic mass is 16.6. The molecule has 144 valence electrons. The maximum atomic E-state index is 12.6. The molecule has 1 fully saturated rings. The molecule has 26 heavy (non-hydrogen) atoms. The minimum Gasteiger partial charge on any atom is -0.459 e. The van der Waals surface area contributed by atoms with Crippen molar-refractivity contribution >= 4 is 12.1 Å². The van der Waals surface area contributed by atoms with Crippen molar-refractivity contribution in [2.45, 2.75) is 71.5 Å². The van der Waals surface area contributed by atoms with Gasteiger partial charge in [0.1, 0.15) is 18.2 Å². The molecule has 6 heteroatoms. The summed E-state index contributed by atoms with van der Waals surface area (Å²) in [4.78, 5) is 26.5. The van der Waals surface area contributed by atoms with Crippen molar-refractivity contribution in [3.05, 3.63) is 35.9 Å². The van der Waals surface area contributed by atoms with E-state index < -0.39 is 23.7 Å². The number of likely N-dealkylation sites (tertiary alicyclic amines) is 1. The van der Waals surface area contributed by atoms with Gasteiger partial charge >= 0.3 is 12.1 Å². The molecule has 0 radical (unpaired) electrons. The second-order valence-electron chi connectivity index (χ2n) is 7.78. The zero-order valence-electron chi connectivity index (χ0n) is 16.2. The maximum absolute atomic E-state index is 12.6. The predicted octanol–water partition coefficient (Wildman–Crippen LogP) is 3.53. The van der Waals surface area contributed by atoms with Crippen LogP contribution >= 0.6 is 0 Å². The van der Waals surface area contributed by atoms with Crippen LogP contribution < -0.4 is 0 Å². The van der Waals surface area contributed by atoms with Crippen LogP contribution in [0.5, 0.6) is 0 Å². The average Bonchev–Trinajstić information content (AvgIpc) is 2.95. The molecule has 0 aromatic heterocycles. The summed E-state index contributed by atoms with van der Waals surface area (Å²) in [5, 5.41) is 0. The van der Waals surface area contributed by atoms with E-state index in [1.807, 2.05) is 44.2 Å². The van der Waals surface area contributed by atoms with E-state index in [9.17, 15) is 9.59 Å². The molecule has 1 amide bonds. The summed E-state index contributed by atoms with van der Waals surface area (Å²) in [6.07, 6.45) is -0.309. The molecule has 0 spiro atoms. The number of esters is 1. The van der Waals surface area contributed by atoms with Crippen LogP contribution in [0.3, 0.4) is 0 Å². The first-order chi connectivity index (χ1) is 12.2. The molecule has 1 aliphatic rings. The minimum atomic E-state index is -0.697. The predicted molar refractivity (Wildman–Crippen MR) is 97.6 cm³/mol. The van der Waals surface area contributed by atoms with Crippen LogP contribution in [-0.2, 0) is 25.6 Å². The van der Waals surface area contributed by atoms with Crippen LogP contribution in [0, 0.1) is 0 Å². The number of hydrogen-bond donors (Lipinski definition) is 0. The first-order valence-electron chi connectivity index (χ1n) is 9.01. The Balaban J connectivity index is 2.04. The number of amides is 1. The van der Waals surface area contributed by atoms with Gasteiger partial charge in [-0.3, -0.25) is 4.90 Å². The summed E-state index contributed by atoms with van der Waals surface area (Å²) < 4.78 is 16.7. The van der Waals surface area contributed by atoms with Gasteiger partial charge in [0.15, 0.2) is 0 Å². The highest BCUT2D eigenvalue weighted by Crippen LogP contribution is 2.25. The average molecular weight is 363 g/mol. The standard InChI is InChI=1S/C20H29NO5/c1-14(2)25-16-11-17(21(12-16)19(23)26-20(3,4)5)18(22)24-13-15-9-7-6-8-10-15/h6-10,14,16-17H,11-13H2,1-5H3/t16-,17+/m1/s1. The van der Waals surface area contributed by atoms with Gasteiger partial charge in [0.05, 0.1) is 18.8 Å². The Morgan fingerprint density at radius 2 is 1.85 bits per heavy atom. The van der Waals surface area contributed by atoms with Gasteiger partial charge in [-0.1, -0.05) is 30.3 Å². The summed E-state index contributed by atoms with van der Waals surface area (Å²) in [7, 11) is 0. The molecule has 1 heterocycles. The number of hydrogen-bond acceptors (Lipinski definition) is 5. The van der Waals surface area contributed by atoms with E-state index in [-0.39, 0.29) is 18.8 Å². The summed E-state index contributed by atoms with van der Waals surface area (Å²) in [6, 6.07) is 8.75. The molecular formula is C20H29NO5. The quantitative estimate of drug-likeness (QED) is 0.749. The number of carbonyl (C=O) groups is 2. The first kappa shape index (κ1) is 20.2. The number of rotatable bonds is 5. The largest absolute Gasteiger partial charge is 0.459 e. The molecule has 0 unspecified atom stereocenters. The number of benzene rings is 1. The zero-order valence-corrected chi connectivity index (χ0v) is 16.2. The van der Waals surface area contributed by atoms with Crippen molar-refractivity contribution in [2.75, 3.05) is 6.54 Å². The van der Waals surface area contributed by atoms with Crippen molar-refractivity contribution in [2.24, 2.45) is 0 Å². The number of nitrogens with zero attached hydrogens (tertiary/aromatic N) is 1. The second kappa shape index (κ2) is 8.54. The number of carbonyl (C=O) groups excluding carboxylic acids is 2. The van der Waals surface area contributed by atoms with Gasteiger partial charge in [-0.05, 0) is 40.2 Å². The molecule has 6 nitrogen and oxygen atoms in total. The van der Waals surface area contributed by atoms with Crippen LogP contribution in [0.1, 0.15) is 46.6 Å². The Kier molecular flexibility index (Phi) is 6.64. The molecule has 1 saturated heterocycles. The normalized spacial score (nSPS) is 20.3. The van der Waals surface area contributed by atoms with Crippen molar-refractivity contribution in [3.8, 4) is 0 Å². The summed E-state index contributed by atoms with van der Waals surface area (Å²) in [5.74, 6) is -0.436. The fourth-order valence-electron chi connectivity index (χ4n) is 2.85. The van der Waals surface area contributed by atoms with Crippen LogP contribution in [0.2, 0.25) is 0 Å². The van der Waals surface area contributed by atoms with E-state index in [4.69, 9.17) is 14.2 Å². The van der Waals surface area contributed by atoms with Gasteiger partial charge in [-0.2, -0.15) is 0 Å². The molecule has 2 rings (SSSR count).